The van der Waals surface area contributed by atoms with E-state index in [9.17, 15) is 0 Å². The van der Waals surface area contributed by atoms with Crippen LogP contribution in [0.25, 0.3) is 10.8 Å². The Bertz CT molecular complexity index is 378. The first kappa shape index (κ1) is 10.6. The van der Waals surface area contributed by atoms with Crippen LogP contribution in [0.2, 0.25) is 0 Å². The molecule has 0 aliphatic heterocycles. The van der Waals surface area contributed by atoms with Gasteiger partial charge in [0, 0.05) is 5.69 Å². The second-order valence-corrected chi connectivity index (χ2v) is 3.06. The Morgan fingerprint density at radius 1 is 0.929 bits per heavy atom. The summed E-state index contributed by atoms with van der Waals surface area (Å²) in [6.45, 7) is 6.03. The summed E-state index contributed by atoms with van der Waals surface area (Å²) in [5, 5.41) is 2.46. The first-order valence-electron chi connectivity index (χ1n) is 5.02. The summed E-state index contributed by atoms with van der Waals surface area (Å²) in [5.41, 5.74) is 7.80. The van der Waals surface area contributed by atoms with Crippen LogP contribution in [0.15, 0.2) is 36.4 Å². The van der Waals surface area contributed by atoms with Crippen LogP contribution in [-0.4, -0.2) is 0 Å². The molecule has 0 saturated heterocycles. The zero-order valence-electron chi connectivity index (χ0n) is 9.04. The van der Waals surface area contributed by atoms with Crippen molar-refractivity contribution in [2.45, 2.75) is 20.8 Å². The third kappa shape index (κ3) is 2.05. The summed E-state index contributed by atoms with van der Waals surface area (Å²) < 4.78 is 0. The van der Waals surface area contributed by atoms with Gasteiger partial charge in [-0.2, -0.15) is 0 Å². The van der Waals surface area contributed by atoms with Crippen molar-refractivity contribution in [3.8, 4) is 0 Å². The first-order chi connectivity index (χ1) is 6.77. The Morgan fingerprint density at radius 3 is 2.00 bits per heavy atom. The van der Waals surface area contributed by atoms with Gasteiger partial charge in [-0.05, 0) is 35.4 Å². The maximum Gasteiger partial charge on any atom is 0.0350 e. The molecular weight excluding hydrogens is 170 g/mol. The van der Waals surface area contributed by atoms with Crippen molar-refractivity contribution in [1.82, 2.24) is 0 Å². The van der Waals surface area contributed by atoms with E-state index in [4.69, 9.17) is 5.73 Å². The standard InChI is InChI=1S/C11H11N.C2H6/c1-8-6-9-4-2-3-5-10(9)7-11(8)12;1-2/h2-7H,12H2,1H3;1-2H3. The van der Waals surface area contributed by atoms with Crippen molar-refractivity contribution >= 4 is 16.5 Å². The SMILES string of the molecule is CC.Cc1cc2ccccc2cc1N. The second-order valence-electron chi connectivity index (χ2n) is 3.06. The lowest BCUT2D eigenvalue weighted by Gasteiger charge is -2.02. The van der Waals surface area contributed by atoms with E-state index in [-0.39, 0.29) is 0 Å². The summed E-state index contributed by atoms with van der Waals surface area (Å²) >= 11 is 0. The van der Waals surface area contributed by atoms with Crippen LogP contribution < -0.4 is 5.73 Å². The van der Waals surface area contributed by atoms with Gasteiger partial charge in [0.2, 0.25) is 0 Å². The number of benzene rings is 2. The Labute approximate surface area is 85.6 Å². The molecule has 0 aliphatic rings. The van der Waals surface area contributed by atoms with Crippen LogP contribution in [0.1, 0.15) is 19.4 Å². The van der Waals surface area contributed by atoms with Crippen molar-refractivity contribution < 1.29 is 0 Å². The number of nitrogen functional groups attached to an aromatic ring is 1. The van der Waals surface area contributed by atoms with E-state index in [1.165, 1.54) is 10.8 Å². The van der Waals surface area contributed by atoms with Gasteiger partial charge in [0.05, 0.1) is 0 Å². The molecule has 2 aromatic carbocycles. The minimum atomic E-state index is 0.869. The smallest absolute Gasteiger partial charge is 0.0350 e. The van der Waals surface area contributed by atoms with Crippen LogP contribution in [0.3, 0.4) is 0 Å². The number of aryl methyl sites for hydroxylation is 1. The number of rotatable bonds is 0. The third-order valence-corrected chi connectivity index (χ3v) is 2.13. The monoisotopic (exact) mass is 187 g/mol. The lowest BCUT2D eigenvalue weighted by Crippen LogP contribution is -1.88. The molecule has 0 heterocycles. The van der Waals surface area contributed by atoms with E-state index < -0.39 is 0 Å². The van der Waals surface area contributed by atoms with Crippen LogP contribution in [0.5, 0.6) is 0 Å². The molecular formula is C13H17N. The molecule has 0 spiro atoms. The fourth-order valence-corrected chi connectivity index (χ4v) is 1.37. The number of fused-ring (bicyclic) bond motifs is 1. The molecule has 2 rings (SSSR count). The van der Waals surface area contributed by atoms with Crippen molar-refractivity contribution in [2.24, 2.45) is 0 Å². The largest absolute Gasteiger partial charge is 0.398 e. The highest BCUT2D eigenvalue weighted by molar-refractivity contribution is 5.86. The van der Waals surface area contributed by atoms with Crippen molar-refractivity contribution in [2.75, 3.05) is 5.73 Å². The Morgan fingerprint density at radius 2 is 1.43 bits per heavy atom. The van der Waals surface area contributed by atoms with Crippen molar-refractivity contribution in [1.29, 1.82) is 0 Å². The summed E-state index contributed by atoms with van der Waals surface area (Å²) in [4.78, 5) is 0. The lowest BCUT2D eigenvalue weighted by molar-refractivity contribution is 1.50. The van der Waals surface area contributed by atoms with Crippen LogP contribution >= 0.6 is 0 Å². The third-order valence-electron chi connectivity index (χ3n) is 2.13. The molecule has 14 heavy (non-hydrogen) atoms. The predicted molar refractivity (Wildman–Crippen MR) is 64.4 cm³/mol. The van der Waals surface area contributed by atoms with E-state index in [0.717, 1.165) is 11.3 Å². The molecule has 0 saturated carbocycles. The molecule has 0 aliphatic carbocycles. The average molecular weight is 187 g/mol. The van der Waals surface area contributed by atoms with Gasteiger partial charge in [-0.3, -0.25) is 0 Å². The average Bonchev–Trinajstić information content (AvgIpc) is 2.23. The Hall–Kier alpha value is -1.50. The topological polar surface area (TPSA) is 26.0 Å². The number of nitrogens with two attached hydrogens (primary N) is 1. The minimum Gasteiger partial charge on any atom is -0.398 e. The highest BCUT2D eigenvalue weighted by Gasteiger charge is 1.95. The zero-order valence-corrected chi connectivity index (χ0v) is 9.04. The summed E-state index contributed by atoms with van der Waals surface area (Å²) in [7, 11) is 0. The highest BCUT2D eigenvalue weighted by Crippen LogP contribution is 2.20. The molecule has 0 aromatic heterocycles. The van der Waals surface area contributed by atoms with Crippen LogP contribution in [0, 0.1) is 6.92 Å². The Kier molecular flexibility index (Phi) is 3.52. The molecule has 0 atom stereocenters. The van der Waals surface area contributed by atoms with E-state index in [2.05, 4.69) is 18.2 Å². The molecule has 0 unspecified atom stereocenters. The van der Waals surface area contributed by atoms with Gasteiger partial charge < -0.3 is 5.73 Å². The van der Waals surface area contributed by atoms with Gasteiger partial charge in [0.1, 0.15) is 0 Å². The van der Waals surface area contributed by atoms with Crippen molar-refractivity contribution in [3.05, 3.63) is 42.0 Å². The van der Waals surface area contributed by atoms with Crippen LogP contribution in [-0.2, 0) is 0 Å². The van der Waals surface area contributed by atoms with Crippen LogP contribution in [0.4, 0.5) is 5.69 Å². The maximum absolute atomic E-state index is 5.79. The first-order valence-corrected chi connectivity index (χ1v) is 5.02. The minimum absolute atomic E-state index is 0.869. The molecule has 0 fully saturated rings. The fraction of sp³-hybridized carbons (Fsp3) is 0.231. The maximum atomic E-state index is 5.79. The number of anilines is 1. The summed E-state index contributed by atoms with van der Waals surface area (Å²) in [6, 6.07) is 12.4. The molecule has 1 nitrogen and oxygen atoms in total. The fourth-order valence-electron chi connectivity index (χ4n) is 1.37. The van der Waals surface area contributed by atoms with E-state index in [0.29, 0.717) is 0 Å². The zero-order chi connectivity index (χ0) is 10.6. The molecule has 1 heteroatoms. The molecule has 0 radical (unpaired) electrons. The quantitative estimate of drug-likeness (QED) is 0.624. The summed E-state index contributed by atoms with van der Waals surface area (Å²) in [6.07, 6.45) is 0. The van der Waals surface area contributed by atoms with Gasteiger partial charge in [-0.1, -0.05) is 38.1 Å². The number of hydrogen-bond acceptors (Lipinski definition) is 1. The van der Waals surface area contributed by atoms with Gasteiger partial charge >= 0.3 is 0 Å². The summed E-state index contributed by atoms with van der Waals surface area (Å²) in [5.74, 6) is 0. The molecule has 2 N–H and O–H groups in total. The van der Waals surface area contributed by atoms with E-state index in [1.54, 1.807) is 0 Å². The Balaban J connectivity index is 0.000000461. The van der Waals surface area contributed by atoms with E-state index >= 15 is 0 Å². The molecule has 74 valence electrons. The molecule has 2 aromatic rings. The second kappa shape index (κ2) is 4.66. The normalized spacial score (nSPS) is 9.36. The number of hydrogen-bond donors (Lipinski definition) is 1. The predicted octanol–water partition coefficient (Wildman–Crippen LogP) is 3.76. The van der Waals surface area contributed by atoms with Gasteiger partial charge in [0.25, 0.3) is 0 Å². The van der Waals surface area contributed by atoms with Gasteiger partial charge in [0.15, 0.2) is 0 Å². The molecule has 0 bridgehead atoms. The van der Waals surface area contributed by atoms with Crippen molar-refractivity contribution in [3.63, 3.8) is 0 Å². The highest BCUT2D eigenvalue weighted by atomic mass is 14.5. The lowest BCUT2D eigenvalue weighted by atomic mass is 10.1. The van der Waals surface area contributed by atoms with Gasteiger partial charge in [-0.25, -0.2) is 0 Å². The van der Waals surface area contributed by atoms with E-state index in [1.807, 2.05) is 39.0 Å². The molecule has 0 amide bonds. The van der Waals surface area contributed by atoms with Gasteiger partial charge in [-0.15, -0.1) is 0 Å².